The fraction of sp³-hybridized carbons (Fsp3) is 0.538. The topological polar surface area (TPSA) is 52.4 Å². The molecule has 0 N–H and O–H groups in total. The van der Waals surface area contributed by atoms with Crippen molar-refractivity contribution in [2.45, 2.75) is 26.7 Å². The number of rotatable bonds is 5. The van der Waals surface area contributed by atoms with Gasteiger partial charge in [-0.2, -0.15) is 0 Å². The fourth-order valence-electron chi connectivity index (χ4n) is 1.85. The SMILES string of the molecule is Cc1cc([N+](=O)[O-])c(C)cc1OCC1(CBr)CC1. The van der Waals surface area contributed by atoms with Crippen LogP contribution in [0, 0.1) is 29.4 Å². The number of hydrogen-bond donors (Lipinski definition) is 0. The van der Waals surface area contributed by atoms with E-state index in [9.17, 15) is 10.1 Å². The molecule has 0 spiro atoms. The first-order valence-corrected chi connectivity index (χ1v) is 7.04. The summed E-state index contributed by atoms with van der Waals surface area (Å²) < 4.78 is 5.82. The minimum atomic E-state index is -0.354. The average Bonchev–Trinajstić information content (AvgIpc) is 3.10. The van der Waals surface area contributed by atoms with Gasteiger partial charge in [-0.25, -0.2) is 0 Å². The second-order valence-corrected chi connectivity index (χ2v) is 5.64. The van der Waals surface area contributed by atoms with Crippen LogP contribution in [-0.4, -0.2) is 16.9 Å². The van der Waals surface area contributed by atoms with E-state index in [0.29, 0.717) is 12.2 Å². The second kappa shape index (κ2) is 4.88. The number of halogens is 1. The van der Waals surface area contributed by atoms with Gasteiger partial charge in [-0.1, -0.05) is 15.9 Å². The molecule has 0 saturated heterocycles. The van der Waals surface area contributed by atoms with Crippen LogP contribution in [-0.2, 0) is 0 Å². The van der Waals surface area contributed by atoms with Gasteiger partial charge in [0.1, 0.15) is 5.75 Å². The molecular formula is C13H16BrNO3. The van der Waals surface area contributed by atoms with E-state index >= 15 is 0 Å². The van der Waals surface area contributed by atoms with Gasteiger partial charge in [0.25, 0.3) is 5.69 Å². The zero-order valence-electron chi connectivity index (χ0n) is 10.5. The predicted octanol–water partition coefficient (Wildman–Crippen LogP) is 3.77. The highest BCUT2D eigenvalue weighted by atomic mass is 79.9. The summed E-state index contributed by atoms with van der Waals surface area (Å²) in [5.41, 5.74) is 1.89. The quantitative estimate of drug-likeness (QED) is 0.472. The van der Waals surface area contributed by atoms with E-state index in [0.717, 1.165) is 16.6 Å². The van der Waals surface area contributed by atoms with Crippen LogP contribution in [0.15, 0.2) is 12.1 Å². The third kappa shape index (κ3) is 2.66. The predicted molar refractivity (Wildman–Crippen MR) is 73.5 cm³/mol. The Kier molecular flexibility index (Phi) is 3.61. The Hall–Kier alpha value is -1.10. The van der Waals surface area contributed by atoms with Crippen LogP contribution in [0.5, 0.6) is 5.75 Å². The van der Waals surface area contributed by atoms with Gasteiger partial charge in [0, 0.05) is 22.4 Å². The normalized spacial score (nSPS) is 16.4. The molecule has 0 aliphatic heterocycles. The van der Waals surface area contributed by atoms with Crippen molar-refractivity contribution in [2.24, 2.45) is 5.41 Å². The molecule has 1 fully saturated rings. The number of nitrogens with zero attached hydrogens (tertiary/aromatic N) is 1. The summed E-state index contributed by atoms with van der Waals surface area (Å²) in [7, 11) is 0. The lowest BCUT2D eigenvalue weighted by atomic mass is 10.1. The third-order valence-corrected chi connectivity index (χ3v) is 4.65. The zero-order valence-corrected chi connectivity index (χ0v) is 12.1. The van der Waals surface area contributed by atoms with E-state index in [4.69, 9.17) is 4.74 Å². The van der Waals surface area contributed by atoms with Crippen molar-refractivity contribution in [3.63, 3.8) is 0 Å². The highest BCUT2D eigenvalue weighted by Gasteiger charge is 2.42. The molecule has 0 amide bonds. The number of ether oxygens (including phenoxy) is 1. The van der Waals surface area contributed by atoms with Gasteiger partial charge < -0.3 is 4.74 Å². The molecule has 0 atom stereocenters. The van der Waals surface area contributed by atoms with Gasteiger partial charge in [-0.05, 0) is 38.3 Å². The summed E-state index contributed by atoms with van der Waals surface area (Å²) >= 11 is 3.50. The lowest BCUT2D eigenvalue weighted by molar-refractivity contribution is -0.385. The maximum Gasteiger partial charge on any atom is 0.272 e. The number of benzene rings is 1. The highest BCUT2D eigenvalue weighted by molar-refractivity contribution is 9.09. The minimum absolute atomic E-state index is 0.154. The monoisotopic (exact) mass is 313 g/mol. The molecular weight excluding hydrogens is 298 g/mol. The Morgan fingerprint density at radius 1 is 1.39 bits per heavy atom. The van der Waals surface area contributed by atoms with Gasteiger partial charge in [0.15, 0.2) is 0 Å². The van der Waals surface area contributed by atoms with Crippen molar-refractivity contribution in [3.8, 4) is 5.75 Å². The number of alkyl halides is 1. The molecule has 0 bridgehead atoms. The molecule has 1 aliphatic rings. The first-order chi connectivity index (χ1) is 8.47. The van der Waals surface area contributed by atoms with Gasteiger partial charge >= 0.3 is 0 Å². The average molecular weight is 314 g/mol. The van der Waals surface area contributed by atoms with E-state index in [1.54, 1.807) is 19.1 Å². The lowest BCUT2D eigenvalue weighted by Gasteiger charge is -2.15. The Bertz CT molecular complexity index is 483. The van der Waals surface area contributed by atoms with Gasteiger partial charge in [0.05, 0.1) is 11.5 Å². The lowest BCUT2D eigenvalue weighted by Crippen LogP contribution is -2.14. The van der Waals surface area contributed by atoms with Crippen LogP contribution in [0.3, 0.4) is 0 Å². The maximum atomic E-state index is 10.8. The summed E-state index contributed by atoms with van der Waals surface area (Å²) in [5.74, 6) is 0.755. The van der Waals surface area contributed by atoms with Crippen LogP contribution in [0.25, 0.3) is 0 Å². The molecule has 5 heteroatoms. The van der Waals surface area contributed by atoms with E-state index in [1.165, 1.54) is 12.8 Å². The van der Waals surface area contributed by atoms with Crippen molar-refractivity contribution in [2.75, 3.05) is 11.9 Å². The first kappa shape index (κ1) is 13.3. The summed E-state index contributed by atoms with van der Waals surface area (Å²) in [6.07, 6.45) is 2.37. The Labute approximate surface area is 115 Å². The Morgan fingerprint density at radius 3 is 2.56 bits per heavy atom. The van der Waals surface area contributed by atoms with Crippen molar-refractivity contribution in [1.82, 2.24) is 0 Å². The molecule has 0 radical (unpaired) electrons. The molecule has 18 heavy (non-hydrogen) atoms. The van der Waals surface area contributed by atoms with Crippen LogP contribution >= 0.6 is 15.9 Å². The van der Waals surface area contributed by atoms with Crippen molar-refractivity contribution < 1.29 is 9.66 Å². The molecule has 1 aliphatic carbocycles. The van der Waals surface area contributed by atoms with Gasteiger partial charge in [-0.15, -0.1) is 0 Å². The molecule has 0 heterocycles. The molecule has 98 valence electrons. The van der Waals surface area contributed by atoms with Crippen molar-refractivity contribution in [3.05, 3.63) is 33.4 Å². The minimum Gasteiger partial charge on any atom is -0.493 e. The van der Waals surface area contributed by atoms with E-state index in [-0.39, 0.29) is 16.0 Å². The largest absolute Gasteiger partial charge is 0.493 e. The molecule has 1 aromatic rings. The molecule has 2 rings (SSSR count). The van der Waals surface area contributed by atoms with Gasteiger partial charge in [-0.3, -0.25) is 10.1 Å². The van der Waals surface area contributed by atoms with Crippen LogP contribution in [0.4, 0.5) is 5.69 Å². The summed E-state index contributed by atoms with van der Waals surface area (Å²) in [5, 5.41) is 11.8. The highest BCUT2D eigenvalue weighted by Crippen LogP contribution is 2.47. The molecule has 4 nitrogen and oxygen atoms in total. The Balaban J connectivity index is 2.14. The number of nitro benzene ring substituents is 1. The third-order valence-electron chi connectivity index (χ3n) is 3.46. The summed E-state index contributed by atoms with van der Waals surface area (Å²) in [4.78, 5) is 10.5. The molecule has 1 saturated carbocycles. The van der Waals surface area contributed by atoms with E-state index in [1.807, 2.05) is 6.92 Å². The molecule has 1 aromatic carbocycles. The van der Waals surface area contributed by atoms with Crippen LogP contribution in [0.1, 0.15) is 24.0 Å². The second-order valence-electron chi connectivity index (χ2n) is 5.08. The van der Waals surface area contributed by atoms with Crippen LogP contribution < -0.4 is 4.74 Å². The summed E-state index contributed by atoms with van der Waals surface area (Å²) in [6, 6.07) is 3.34. The molecule has 0 aromatic heterocycles. The van der Waals surface area contributed by atoms with Crippen LogP contribution in [0.2, 0.25) is 0 Å². The first-order valence-electron chi connectivity index (χ1n) is 5.92. The standard InChI is InChI=1S/C13H16BrNO3/c1-9-6-12(10(2)5-11(9)15(16)17)18-8-13(7-14)3-4-13/h5-6H,3-4,7-8H2,1-2H3. The smallest absolute Gasteiger partial charge is 0.272 e. The number of hydrogen-bond acceptors (Lipinski definition) is 3. The van der Waals surface area contributed by atoms with Gasteiger partial charge in [0.2, 0.25) is 0 Å². The van der Waals surface area contributed by atoms with Crippen molar-refractivity contribution >= 4 is 21.6 Å². The Morgan fingerprint density at radius 2 is 2.06 bits per heavy atom. The number of nitro groups is 1. The van der Waals surface area contributed by atoms with Crippen molar-refractivity contribution in [1.29, 1.82) is 0 Å². The molecule has 0 unspecified atom stereocenters. The van der Waals surface area contributed by atoms with E-state index < -0.39 is 0 Å². The zero-order chi connectivity index (χ0) is 13.3. The maximum absolute atomic E-state index is 10.8. The fourth-order valence-corrected chi connectivity index (χ4v) is 2.57. The number of aryl methyl sites for hydroxylation is 2. The van der Waals surface area contributed by atoms with E-state index in [2.05, 4.69) is 15.9 Å². The summed E-state index contributed by atoms with van der Waals surface area (Å²) in [6.45, 7) is 4.26.